The highest BCUT2D eigenvalue weighted by Crippen LogP contribution is 2.25. The number of nitrogens with zero attached hydrogens (tertiary/aromatic N) is 3. The summed E-state index contributed by atoms with van der Waals surface area (Å²) >= 11 is 0. The molecular formula is C31H32FN5O2. The van der Waals surface area contributed by atoms with Gasteiger partial charge >= 0.3 is 0 Å². The van der Waals surface area contributed by atoms with Crippen LogP contribution in [-0.4, -0.2) is 47.0 Å². The van der Waals surface area contributed by atoms with Crippen molar-refractivity contribution in [2.24, 2.45) is 0 Å². The molecule has 1 aromatic heterocycles. The van der Waals surface area contributed by atoms with Gasteiger partial charge in [0.15, 0.2) is 0 Å². The Balaban J connectivity index is 1.21. The van der Waals surface area contributed by atoms with Crippen LogP contribution in [0, 0.1) is 12.7 Å². The quantitative estimate of drug-likeness (QED) is 0.261. The summed E-state index contributed by atoms with van der Waals surface area (Å²) in [4.78, 5) is 24.0. The van der Waals surface area contributed by atoms with Crippen molar-refractivity contribution in [2.45, 2.75) is 26.2 Å². The van der Waals surface area contributed by atoms with Crippen molar-refractivity contribution in [3.63, 3.8) is 0 Å². The first kappa shape index (κ1) is 26.3. The molecule has 8 heteroatoms. The maximum atomic E-state index is 15.0. The summed E-state index contributed by atoms with van der Waals surface area (Å²) in [6.45, 7) is 5.63. The second-order valence-electron chi connectivity index (χ2n) is 9.63. The standard InChI is InChI=1S/C31H32FN5O2/c1-22-10-12-25(39-19-18-37-16-6-3-7-17-37)21-29(22)34-30(38)24-11-13-28(26(32)20-24)36-31-33-15-14-27(35-31)23-8-4-2-5-9-23/h2,4-5,8-15,20-21H,3,6-7,16-19H2,1H3,(H,34,38)(H,33,35,36). The van der Waals surface area contributed by atoms with Crippen LogP contribution in [0.1, 0.15) is 35.2 Å². The maximum Gasteiger partial charge on any atom is 0.255 e. The molecule has 0 spiro atoms. The Morgan fingerprint density at radius 2 is 1.79 bits per heavy atom. The number of rotatable bonds is 9. The Kier molecular flexibility index (Phi) is 8.43. The number of aryl methyl sites for hydroxylation is 1. The van der Waals surface area contributed by atoms with Crippen LogP contribution in [0.2, 0.25) is 0 Å². The normalized spacial score (nSPS) is 13.6. The first-order valence-corrected chi connectivity index (χ1v) is 13.3. The van der Waals surface area contributed by atoms with Gasteiger partial charge in [-0.05, 0) is 68.8 Å². The third kappa shape index (κ3) is 6.97. The lowest BCUT2D eigenvalue weighted by molar-refractivity contribution is 0.102. The van der Waals surface area contributed by atoms with Gasteiger partial charge in [-0.3, -0.25) is 9.69 Å². The fraction of sp³-hybridized carbons (Fsp3) is 0.258. The van der Waals surface area contributed by atoms with Gasteiger partial charge < -0.3 is 15.4 Å². The number of anilines is 3. The molecular weight excluding hydrogens is 493 g/mol. The molecule has 0 unspecified atom stereocenters. The number of carbonyl (C=O) groups excluding carboxylic acids is 1. The van der Waals surface area contributed by atoms with E-state index < -0.39 is 11.7 Å². The monoisotopic (exact) mass is 525 g/mol. The molecule has 1 saturated heterocycles. The molecule has 1 aliphatic rings. The van der Waals surface area contributed by atoms with E-state index >= 15 is 0 Å². The number of halogens is 1. The lowest BCUT2D eigenvalue weighted by atomic mass is 10.1. The van der Waals surface area contributed by atoms with E-state index in [-0.39, 0.29) is 17.2 Å². The van der Waals surface area contributed by atoms with Crippen molar-refractivity contribution >= 4 is 23.2 Å². The molecule has 1 fully saturated rings. The molecule has 3 aromatic carbocycles. The summed E-state index contributed by atoms with van der Waals surface area (Å²) in [5.74, 6) is -0.0317. The van der Waals surface area contributed by atoms with E-state index in [0.29, 0.717) is 18.0 Å². The molecule has 5 rings (SSSR count). The average molecular weight is 526 g/mol. The van der Waals surface area contributed by atoms with Gasteiger partial charge in [-0.2, -0.15) is 0 Å². The maximum absolute atomic E-state index is 15.0. The lowest BCUT2D eigenvalue weighted by Crippen LogP contribution is -2.33. The number of ether oxygens (including phenoxy) is 1. The first-order chi connectivity index (χ1) is 19.0. The van der Waals surface area contributed by atoms with E-state index in [4.69, 9.17) is 4.74 Å². The molecule has 7 nitrogen and oxygen atoms in total. The van der Waals surface area contributed by atoms with Crippen molar-refractivity contribution in [2.75, 3.05) is 36.9 Å². The smallest absolute Gasteiger partial charge is 0.255 e. The highest BCUT2D eigenvalue weighted by atomic mass is 19.1. The van der Waals surface area contributed by atoms with Gasteiger partial charge in [0.25, 0.3) is 5.91 Å². The van der Waals surface area contributed by atoms with Gasteiger partial charge in [0.1, 0.15) is 18.2 Å². The van der Waals surface area contributed by atoms with Crippen LogP contribution in [0.4, 0.5) is 21.7 Å². The molecule has 4 aromatic rings. The molecule has 0 atom stereocenters. The van der Waals surface area contributed by atoms with E-state index in [1.165, 1.54) is 31.4 Å². The highest BCUT2D eigenvalue weighted by Gasteiger charge is 2.14. The number of hydrogen-bond donors (Lipinski definition) is 2. The first-order valence-electron chi connectivity index (χ1n) is 13.3. The number of benzene rings is 3. The summed E-state index contributed by atoms with van der Waals surface area (Å²) < 4.78 is 20.9. The predicted octanol–water partition coefficient (Wildman–Crippen LogP) is 6.45. The number of piperidine rings is 1. The summed E-state index contributed by atoms with van der Waals surface area (Å²) in [7, 11) is 0. The topological polar surface area (TPSA) is 79.4 Å². The van der Waals surface area contributed by atoms with Gasteiger partial charge in [0.2, 0.25) is 5.95 Å². The van der Waals surface area contributed by atoms with Crippen LogP contribution in [0.5, 0.6) is 5.75 Å². The van der Waals surface area contributed by atoms with Gasteiger partial charge in [-0.1, -0.05) is 42.8 Å². The second-order valence-corrected chi connectivity index (χ2v) is 9.63. The zero-order valence-corrected chi connectivity index (χ0v) is 22.0. The van der Waals surface area contributed by atoms with Crippen molar-refractivity contribution < 1.29 is 13.9 Å². The fourth-order valence-corrected chi connectivity index (χ4v) is 4.56. The van der Waals surface area contributed by atoms with E-state index in [9.17, 15) is 9.18 Å². The lowest BCUT2D eigenvalue weighted by Gasteiger charge is -2.26. The molecule has 0 bridgehead atoms. The average Bonchev–Trinajstić information content (AvgIpc) is 2.97. The molecule has 1 aliphatic heterocycles. The van der Waals surface area contributed by atoms with Crippen molar-refractivity contribution in [1.29, 1.82) is 0 Å². The van der Waals surface area contributed by atoms with Crippen LogP contribution < -0.4 is 15.4 Å². The van der Waals surface area contributed by atoms with Crippen LogP contribution in [-0.2, 0) is 0 Å². The van der Waals surface area contributed by atoms with Gasteiger partial charge in [-0.25, -0.2) is 14.4 Å². The molecule has 200 valence electrons. The number of hydrogen-bond acceptors (Lipinski definition) is 6. The van der Waals surface area contributed by atoms with E-state index in [0.717, 1.165) is 36.5 Å². The molecule has 2 N–H and O–H groups in total. The van der Waals surface area contributed by atoms with Gasteiger partial charge in [0, 0.05) is 35.6 Å². The predicted molar refractivity (Wildman–Crippen MR) is 152 cm³/mol. The van der Waals surface area contributed by atoms with E-state index in [1.807, 2.05) is 55.5 Å². The molecule has 39 heavy (non-hydrogen) atoms. The Hall–Kier alpha value is -4.30. The van der Waals surface area contributed by atoms with Crippen molar-refractivity contribution in [1.82, 2.24) is 14.9 Å². The van der Waals surface area contributed by atoms with Crippen molar-refractivity contribution in [3.8, 4) is 17.0 Å². The number of likely N-dealkylation sites (tertiary alicyclic amines) is 1. The van der Waals surface area contributed by atoms with Crippen LogP contribution in [0.3, 0.4) is 0 Å². The number of nitrogens with one attached hydrogen (secondary N) is 2. The largest absolute Gasteiger partial charge is 0.492 e. The SMILES string of the molecule is Cc1ccc(OCCN2CCCCC2)cc1NC(=O)c1ccc(Nc2nccc(-c3ccccc3)n2)c(F)c1. The minimum atomic E-state index is -0.581. The van der Waals surface area contributed by atoms with Gasteiger partial charge in [-0.15, -0.1) is 0 Å². The summed E-state index contributed by atoms with van der Waals surface area (Å²) in [5, 5.41) is 5.80. The number of aromatic nitrogens is 2. The molecule has 2 heterocycles. The fourth-order valence-electron chi connectivity index (χ4n) is 4.56. The third-order valence-corrected chi connectivity index (χ3v) is 6.79. The van der Waals surface area contributed by atoms with E-state index in [2.05, 4.69) is 25.5 Å². The zero-order valence-electron chi connectivity index (χ0n) is 22.0. The Morgan fingerprint density at radius 1 is 0.974 bits per heavy atom. The minimum Gasteiger partial charge on any atom is -0.492 e. The second kappa shape index (κ2) is 12.5. The Bertz CT molecular complexity index is 1420. The molecule has 0 aliphatic carbocycles. The Morgan fingerprint density at radius 3 is 2.59 bits per heavy atom. The van der Waals surface area contributed by atoms with Crippen LogP contribution >= 0.6 is 0 Å². The third-order valence-electron chi connectivity index (χ3n) is 6.79. The Labute approximate surface area is 228 Å². The summed E-state index contributed by atoms with van der Waals surface area (Å²) in [5.41, 5.74) is 3.55. The highest BCUT2D eigenvalue weighted by molar-refractivity contribution is 6.05. The van der Waals surface area contributed by atoms with Gasteiger partial charge in [0.05, 0.1) is 11.4 Å². The minimum absolute atomic E-state index is 0.178. The summed E-state index contributed by atoms with van der Waals surface area (Å²) in [6, 6.07) is 21.4. The van der Waals surface area contributed by atoms with Crippen LogP contribution in [0.25, 0.3) is 11.3 Å². The van der Waals surface area contributed by atoms with Crippen molar-refractivity contribution in [3.05, 3.63) is 95.9 Å². The van der Waals surface area contributed by atoms with E-state index in [1.54, 1.807) is 18.3 Å². The number of amides is 1. The zero-order chi connectivity index (χ0) is 27.0. The van der Waals surface area contributed by atoms with Crippen LogP contribution in [0.15, 0.2) is 79.0 Å². The molecule has 0 saturated carbocycles. The molecule has 1 amide bonds. The molecule has 0 radical (unpaired) electrons. The summed E-state index contributed by atoms with van der Waals surface area (Å²) in [6.07, 6.45) is 5.41. The number of carbonyl (C=O) groups is 1.